The fourth-order valence-corrected chi connectivity index (χ4v) is 2.64. The number of hydrogen-bond donors (Lipinski definition) is 1. The Hall–Kier alpha value is -0.610. The van der Waals surface area contributed by atoms with Gasteiger partial charge in [0.2, 0.25) is 5.91 Å². The second-order valence-corrected chi connectivity index (χ2v) is 5.44. The molecule has 0 radical (unpaired) electrons. The van der Waals surface area contributed by atoms with Gasteiger partial charge in [0.15, 0.2) is 0 Å². The molecule has 1 fully saturated rings. The van der Waals surface area contributed by atoms with Crippen molar-refractivity contribution in [2.45, 2.75) is 52.5 Å². The second kappa shape index (κ2) is 9.32. The molecule has 112 valence electrons. The van der Waals surface area contributed by atoms with Crippen molar-refractivity contribution in [3.05, 3.63) is 0 Å². The summed E-state index contributed by atoms with van der Waals surface area (Å²) in [7, 11) is 0. The fraction of sp³-hybridized carbons (Fsp3) is 0.933. The first kappa shape index (κ1) is 16.4. The predicted molar refractivity (Wildman–Crippen MR) is 80.3 cm³/mol. The molecule has 0 unspecified atom stereocenters. The van der Waals surface area contributed by atoms with E-state index in [2.05, 4.69) is 24.1 Å². The minimum absolute atomic E-state index is 0.0326. The lowest BCUT2D eigenvalue weighted by Crippen LogP contribution is -2.47. The zero-order chi connectivity index (χ0) is 14.1. The molecule has 1 aliphatic heterocycles. The molecule has 1 aliphatic rings. The molecule has 4 heteroatoms. The van der Waals surface area contributed by atoms with Crippen LogP contribution in [0.15, 0.2) is 0 Å². The zero-order valence-electron chi connectivity index (χ0n) is 13.0. The molecule has 0 aromatic carbocycles. The number of rotatable bonds is 8. The third-order valence-electron chi connectivity index (χ3n) is 4.03. The molecule has 0 aliphatic carbocycles. The third-order valence-corrected chi connectivity index (χ3v) is 4.03. The van der Waals surface area contributed by atoms with E-state index in [0.29, 0.717) is 0 Å². The summed E-state index contributed by atoms with van der Waals surface area (Å²) < 4.78 is 0. The van der Waals surface area contributed by atoms with E-state index in [1.54, 1.807) is 0 Å². The van der Waals surface area contributed by atoms with Crippen LogP contribution in [-0.4, -0.2) is 61.0 Å². The largest absolute Gasteiger partial charge is 0.341 e. The SMILES string of the molecule is CCN(CC)CCCN[C@H](C)C(=O)N1CCCCC1. The van der Waals surface area contributed by atoms with Crippen molar-refractivity contribution in [3.63, 3.8) is 0 Å². The van der Waals surface area contributed by atoms with Crippen LogP contribution in [-0.2, 0) is 4.79 Å². The summed E-state index contributed by atoms with van der Waals surface area (Å²) in [4.78, 5) is 16.6. The van der Waals surface area contributed by atoms with Gasteiger partial charge in [0.1, 0.15) is 0 Å². The molecular weight excluding hydrogens is 238 g/mol. The van der Waals surface area contributed by atoms with E-state index in [-0.39, 0.29) is 11.9 Å². The van der Waals surface area contributed by atoms with Crippen LogP contribution in [0, 0.1) is 0 Å². The van der Waals surface area contributed by atoms with Gasteiger partial charge < -0.3 is 15.1 Å². The van der Waals surface area contributed by atoms with Crippen molar-refractivity contribution in [1.82, 2.24) is 15.1 Å². The van der Waals surface area contributed by atoms with Gasteiger partial charge in [-0.3, -0.25) is 4.79 Å². The van der Waals surface area contributed by atoms with Gasteiger partial charge in [0, 0.05) is 13.1 Å². The second-order valence-electron chi connectivity index (χ2n) is 5.44. The summed E-state index contributed by atoms with van der Waals surface area (Å²) in [6, 6.07) is -0.0326. The topological polar surface area (TPSA) is 35.6 Å². The van der Waals surface area contributed by atoms with Crippen molar-refractivity contribution in [1.29, 1.82) is 0 Å². The van der Waals surface area contributed by atoms with E-state index in [0.717, 1.165) is 45.7 Å². The Labute approximate surface area is 118 Å². The quantitative estimate of drug-likeness (QED) is 0.681. The molecule has 0 bridgehead atoms. The number of amides is 1. The number of carbonyl (C=O) groups excluding carboxylic acids is 1. The molecule has 1 N–H and O–H groups in total. The maximum atomic E-state index is 12.2. The highest BCUT2D eigenvalue weighted by Gasteiger charge is 2.21. The minimum atomic E-state index is -0.0326. The smallest absolute Gasteiger partial charge is 0.239 e. The maximum Gasteiger partial charge on any atom is 0.239 e. The Kier molecular flexibility index (Phi) is 8.07. The van der Waals surface area contributed by atoms with Crippen molar-refractivity contribution in [2.75, 3.05) is 39.3 Å². The third kappa shape index (κ3) is 5.91. The van der Waals surface area contributed by atoms with E-state index in [1.807, 2.05) is 11.8 Å². The van der Waals surface area contributed by atoms with Crippen molar-refractivity contribution >= 4 is 5.91 Å². The Morgan fingerprint density at radius 3 is 2.42 bits per heavy atom. The molecule has 1 atom stereocenters. The van der Waals surface area contributed by atoms with Gasteiger partial charge >= 0.3 is 0 Å². The van der Waals surface area contributed by atoms with E-state index in [1.165, 1.54) is 19.3 Å². The first-order valence-electron chi connectivity index (χ1n) is 7.93. The van der Waals surface area contributed by atoms with E-state index in [4.69, 9.17) is 0 Å². The summed E-state index contributed by atoms with van der Waals surface area (Å²) in [6.07, 6.45) is 4.72. The molecule has 0 saturated carbocycles. The van der Waals surface area contributed by atoms with Crippen molar-refractivity contribution in [2.24, 2.45) is 0 Å². The lowest BCUT2D eigenvalue weighted by molar-refractivity contribution is -0.133. The average Bonchev–Trinajstić information content (AvgIpc) is 2.47. The molecule has 0 spiro atoms. The zero-order valence-corrected chi connectivity index (χ0v) is 13.0. The molecular formula is C15H31N3O. The number of carbonyl (C=O) groups is 1. The number of likely N-dealkylation sites (tertiary alicyclic amines) is 1. The number of nitrogens with zero attached hydrogens (tertiary/aromatic N) is 2. The van der Waals surface area contributed by atoms with E-state index < -0.39 is 0 Å². The van der Waals surface area contributed by atoms with Crippen LogP contribution in [0.2, 0.25) is 0 Å². The minimum Gasteiger partial charge on any atom is -0.341 e. The van der Waals surface area contributed by atoms with Crippen molar-refractivity contribution < 1.29 is 4.79 Å². The van der Waals surface area contributed by atoms with Gasteiger partial charge in [-0.15, -0.1) is 0 Å². The van der Waals surface area contributed by atoms with Crippen LogP contribution >= 0.6 is 0 Å². The first-order valence-corrected chi connectivity index (χ1v) is 7.93. The average molecular weight is 269 g/mol. The monoisotopic (exact) mass is 269 g/mol. The molecule has 19 heavy (non-hydrogen) atoms. The molecule has 1 amide bonds. The Morgan fingerprint density at radius 1 is 1.21 bits per heavy atom. The van der Waals surface area contributed by atoms with E-state index >= 15 is 0 Å². The summed E-state index contributed by atoms with van der Waals surface area (Å²) in [6.45, 7) is 12.5. The summed E-state index contributed by atoms with van der Waals surface area (Å²) in [5.41, 5.74) is 0. The van der Waals surface area contributed by atoms with Gasteiger partial charge in [-0.2, -0.15) is 0 Å². The molecule has 1 saturated heterocycles. The number of hydrogen-bond acceptors (Lipinski definition) is 3. The Bertz CT molecular complexity index is 248. The van der Waals surface area contributed by atoms with Gasteiger partial charge in [0.05, 0.1) is 6.04 Å². The summed E-state index contributed by atoms with van der Waals surface area (Å²) >= 11 is 0. The van der Waals surface area contributed by atoms with Crippen LogP contribution < -0.4 is 5.32 Å². The van der Waals surface area contributed by atoms with Crippen LogP contribution in [0.3, 0.4) is 0 Å². The first-order chi connectivity index (χ1) is 9.19. The van der Waals surface area contributed by atoms with Crippen molar-refractivity contribution in [3.8, 4) is 0 Å². The molecule has 1 heterocycles. The fourth-order valence-electron chi connectivity index (χ4n) is 2.64. The number of piperidine rings is 1. The maximum absolute atomic E-state index is 12.2. The van der Waals surface area contributed by atoms with Gasteiger partial charge in [-0.05, 0) is 58.8 Å². The van der Waals surface area contributed by atoms with Crippen LogP contribution in [0.4, 0.5) is 0 Å². The lowest BCUT2D eigenvalue weighted by atomic mass is 10.1. The highest BCUT2D eigenvalue weighted by Crippen LogP contribution is 2.09. The predicted octanol–water partition coefficient (Wildman–Crippen LogP) is 1.71. The van der Waals surface area contributed by atoms with E-state index in [9.17, 15) is 4.79 Å². The Morgan fingerprint density at radius 2 is 1.84 bits per heavy atom. The van der Waals surface area contributed by atoms with Crippen LogP contribution in [0.1, 0.15) is 46.5 Å². The number of nitrogens with one attached hydrogen (secondary N) is 1. The molecule has 1 rings (SSSR count). The molecule has 4 nitrogen and oxygen atoms in total. The van der Waals surface area contributed by atoms with Gasteiger partial charge in [-0.1, -0.05) is 13.8 Å². The Balaban J connectivity index is 2.15. The van der Waals surface area contributed by atoms with Crippen LogP contribution in [0.5, 0.6) is 0 Å². The summed E-state index contributed by atoms with van der Waals surface area (Å²) in [5, 5.41) is 3.37. The molecule has 0 aromatic heterocycles. The lowest BCUT2D eigenvalue weighted by Gasteiger charge is -2.29. The normalized spacial score (nSPS) is 17.8. The summed E-state index contributed by atoms with van der Waals surface area (Å²) in [5.74, 6) is 0.280. The molecule has 0 aromatic rings. The van der Waals surface area contributed by atoms with Crippen LogP contribution in [0.25, 0.3) is 0 Å². The van der Waals surface area contributed by atoms with Gasteiger partial charge in [-0.25, -0.2) is 0 Å². The highest BCUT2D eigenvalue weighted by molar-refractivity contribution is 5.81. The standard InChI is InChI=1S/C15H31N3O/c1-4-17(5-2)11-9-10-16-14(3)15(19)18-12-7-6-8-13-18/h14,16H,4-13H2,1-3H3/t14-/m1/s1. The highest BCUT2D eigenvalue weighted by atomic mass is 16.2. The van der Waals surface area contributed by atoms with Gasteiger partial charge in [0.25, 0.3) is 0 Å².